The Morgan fingerprint density at radius 3 is 2.88 bits per heavy atom. The van der Waals surface area contributed by atoms with Crippen molar-refractivity contribution >= 4 is 5.97 Å². The van der Waals surface area contributed by atoms with Gasteiger partial charge in [-0.25, -0.2) is 0 Å². The maximum atomic E-state index is 12.0. The van der Waals surface area contributed by atoms with Crippen LogP contribution in [0, 0.1) is 0 Å². The fourth-order valence-corrected chi connectivity index (χ4v) is 2.22. The number of hydrogen-bond acceptors (Lipinski definition) is 5. The van der Waals surface area contributed by atoms with Crippen LogP contribution >= 0.6 is 0 Å². The first-order valence-electron chi connectivity index (χ1n) is 5.22. The number of rotatable bonds is 2. The first-order valence-corrected chi connectivity index (χ1v) is 5.22. The molecule has 0 aromatic carbocycles. The van der Waals surface area contributed by atoms with Crippen LogP contribution < -0.4 is 0 Å². The van der Waals surface area contributed by atoms with Crippen LogP contribution in [0.3, 0.4) is 0 Å². The largest absolute Gasteiger partial charge is 0.468 e. The molecular weight excluding hydrogens is 206 g/mol. The van der Waals surface area contributed by atoms with Crippen molar-refractivity contribution in [2.24, 2.45) is 0 Å². The van der Waals surface area contributed by atoms with Crippen molar-refractivity contribution in [2.75, 3.05) is 27.2 Å². The molecule has 1 saturated heterocycles. The molecule has 0 spiro atoms. The summed E-state index contributed by atoms with van der Waals surface area (Å²) in [5.41, 5.74) is 0.0591. The van der Waals surface area contributed by atoms with E-state index in [9.17, 15) is 4.79 Å². The van der Waals surface area contributed by atoms with Gasteiger partial charge in [-0.05, 0) is 20.0 Å². The summed E-state index contributed by atoms with van der Waals surface area (Å²) in [5.74, 6) is -0.225. The Hall–Kier alpha value is -1.49. The number of nitrogens with zero attached hydrogens (tertiary/aromatic N) is 3. The standard InChI is InChI=1S/C11H15N3O2/c1-14-6-3-11(8-14,10(15)16-2)9-7-12-4-5-13-9/h4-5,7H,3,6,8H2,1-2H3. The van der Waals surface area contributed by atoms with E-state index in [1.165, 1.54) is 7.11 Å². The molecule has 0 saturated carbocycles. The summed E-state index contributed by atoms with van der Waals surface area (Å²) in [6.45, 7) is 1.50. The van der Waals surface area contributed by atoms with E-state index < -0.39 is 5.41 Å². The Morgan fingerprint density at radius 2 is 2.38 bits per heavy atom. The average Bonchev–Trinajstić information content (AvgIpc) is 2.73. The average molecular weight is 221 g/mol. The van der Waals surface area contributed by atoms with Crippen LogP contribution in [0.4, 0.5) is 0 Å². The van der Waals surface area contributed by atoms with E-state index in [1.807, 2.05) is 7.05 Å². The molecule has 0 radical (unpaired) electrons. The van der Waals surface area contributed by atoms with Crippen LogP contribution in [0.5, 0.6) is 0 Å². The first kappa shape index (κ1) is 11.0. The molecule has 0 bridgehead atoms. The summed E-state index contributed by atoms with van der Waals surface area (Å²) in [5, 5.41) is 0. The van der Waals surface area contributed by atoms with Gasteiger partial charge in [0.2, 0.25) is 0 Å². The van der Waals surface area contributed by atoms with Crippen LogP contribution in [-0.2, 0) is 14.9 Å². The summed E-state index contributed by atoms with van der Waals surface area (Å²) in [7, 11) is 3.40. The summed E-state index contributed by atoms with van der Waals surface area (Å²) in [6, 6.07) is 0. The van der Waals surface area contributed by atoms with E-state index in [2.05, 4.69) is 14.9 Å². The van der Waals surface area contributed by atoms with Crippen molar-refractivity contribution in [3.8, 4) is 0 Å². The molecule has 0 N–H and O–H groups in total. The molecule has 1 atom stereocenters. The van der Waals surface area contributed by atoms with E-state index in [-0.39, 0.29) is 5.97 Å². The number of hydrogen-bond donors (Lipinski definition) is 0. The van der Waals surface area contributed by atoms with Gasteiger partial charge in [0.15, 0.2) is 0 Å². The predicted octanol–water partition coefficient (Wildman–Crippen LogP) is 0.223. The van der Waals surface area contributed by atoms with Crippen LogP contribution in [0.25, 0.3) is 0 Å². The number of likely N-dealkylation sites (N-methyl/N-ethyl adjacent to an activating group) is 1. The molecule has 16 heavy (non-hydrogen) atoms. The molecule has 5 heteroatoms. The zero-order valence-electron chi connectivity index (χ0n) is 9.51. The number of methoxy groups -OCH3 is 1. The van der Waals surface area contributed by atoms with Gasteiger partial charge in [0.1, 0.15) is 5.41 Å². The number of likely N-dealkylation sites (tertiary alicyclic amines) is 1. The van der Waals surface area contributed by atoms with Crippen LogP contribution in [0.2, 0.25) is 0 Å². The van der Waals surface area contributed by atoms with Crippen molar-refractivity contribution < 1.29 is 9.53 Å². The van der Waals surface area contributed by atoms with Gasteiger partial charge >= 0.3 is 5.97 Å². The third-order valence-corrected chi connectivity index (χ3v) is 3.09. The fourth-order valence-electron chi connectivity index (χ4n) is 2.22. The van der Waals surface area contributed by atoms with Gasteiger partial charge in [0.25, 0.3) is 0 Å². The maximum absolute atomic E-state index is 12.0. The quantitative estimate of drug-likeness (QED) is 0.669. The van der Waals surface area contributed by atoms with Crippen LogP contribution in [-0.4, -0.2) is 48.1 Å². The van der Waals surface area contributed by atoms with Crippen LogP contribution in [0.15, 0.2) is 18.6 Å². The van der Waals surface area contributed by atoms with Gasteiger partial charge in [0.05, 0.1) is 12.8 Å². The SMILES string of the molecule is COC(=O)C1(c2cnccn2)CCN(C)C1. The first-order chi connectivity index (χ1) is 7.69. The topological polar surface area (TPSA) is 55.3 Å². The molecule has 2 rings (SSSR count). The molecule has 1 fully saturated rings. The highest BCUT2D eigenvalue weighted by molar-refractivity contribution is 5.83. The Morgan fingerprint density at radius 1 is 1.56 bits per heavy atom. The lowest BCUT2D eigenvalue weighted by atomic mass is 9.84. The third-order valence-electron chi connectivity index (χ3n) is 3.09. The highest BCUT2D eigenvalue weighted by Crippen LogP contribution is 2.33. The minimum atomic E-state index is -0.641. The second-order valence-electron chi connectivity index (χ2n) is 4.15. The van der Waals surface area contributed by atoms with Gasteiger partial charge in [0, 0.05) is 25.1 Å². The third kappa shape index (κ3) is 1.67. The molecule has 0 amide bonds. The van der Waals surface area contributed by atoms with Crippen molar-refractivity contribution in [3.63, 3.8) is 0 Å². The number of carbonyl (C=O) groups is 1. The zero-order chi connectivity index (χ0) is 11.6. The van der Waals surface area contributed by atoms with Gasteiger partial charge in [-0.15, -0.1) is 0 Å². The maximum Gasteiger partial charge on any atom is 0.319 e. The fraction of sp³-hybridized carbons (Fsp3) is 0.545. The number of ether oxygens (including phenoxy) is 1. The second kappa shape index (κ2) is 4.17. The van der Waals surface area contributed by atoms with Gasteiger partial charge in [-0.3, -0.25) is 14.8 Å². The van der Waals surface area contributed by atoms with E-state index in [0.29, 0.717) is 12.2 Å². The van der Waals surface area contributed by atoms with E-state index in [0.717, 1.165) is 13.0 Å². The summed E-state index contributed by atoms with van der Waals surface area (Å²) in [4.78, 5) is 22.3. The number of esters is 1. The number of carbonyl (C=O) groups excluding carboxylic acids is 1. The van der Waals surface area contributed by atoms with Crippen molar-refractivity contribution in [2.45, 2.75) is 11.8 Å². The summed E-state index contributed by atoms with van der Waals surface area (Å²) >= 11 is 0. The molecular formula is C11H15N3O2. The summed E-state index contributed by atoms with van der Waals surface area (Å²) in [6.07, 6.45) is 5.59. The van der Waals surface area contributed by atoms with Gasteiger partial charge < -0.3 is 9.64 Å². The van der Waals surface area contributed by atoms with Crippen molar-refractivity contribution in [3.05, 3.63) is 24.3 Å². The molecule has 1 aromatic heterocycles. The van der Waals surface area contributed by atoms with Gasteiger partial charge in [-0.1, -0.05) is 0 Å². The lowest BCUT2D eigenvalue weighted by molar-refractivity contribution is -0.147. The monoisotopic (exact) mass is 221 g/mol. The highest BCUT2D eigenvalue weighted by Gasteiger charge is 2.47. The molecule has 86 valence electrons. The summed E-state index contributed by atoms with van der Waals surface area (Å²) < 4.78 is 4.91. The molecule has 0 aliphatic carbocycles. The minimum Gasteiger partial charge on any atom is -0.468 e. The van der Waals surface area contributed by atoms with Crippen molar-refractivity contribution in [1.29, 1.82) is 0 Å². The smallest absolute Gasteiger partial charge is 0.319 e. The molecule has 1 unspecified atom stereocenters. The Balaban J connectivity index is 2.40. The molecule has 1 aliphatic rings. The zero-order valence-corrected chi connectivity index (χ0v) is 9.51. The normalized spacial score (nSPS) is 25.6. The second-order valence-corrected chi connectivity index (χ2v) is 4.15. The van der Waals surface area contributed by atoms with Crippen LogP contribution in [0.1, 0.15) is 12.1 Å². The van der Waals surface area contributed by atoms with Gasteiger partial charge in [-0.2, -0.15) is 0 Å². The lowest BCUT2D eigenvalue weighted by Gasteiger charge is -2.24. The molecule has 2 heterocycles. The molecule has 5 nitrogen and oxygen atoms in total. The predicted molar refractivity (Wildman–Crippen MR) is 57.8 cm³/mol. The Kier molecular flexibility index (Phi) is 2.87. The van der Waals surface area contributed by atoms with E-state index >= 15 is 0 Å². The minimum absolute atomic E-state index is 0.225. The highest BCUT2D eigenvalue weighted by atomic mass is 16.5. The van der Waals surface area contributed by atoms with E-state index in [4.69, 9.17) is 4.74 Å². The Bertz CT molecular complexity index is 382. The lowest BCUT2D eigenvalue weighted by Crippen LogP contribution is -2.40. The Labute approximate surface area is 94.5 Å². The molecule has 1 aliphatic heterocycles. The van der Waals surface area contributed by atoms with E-state index in [1.54, 1.807) is 18.6 Å². The van der Waals surface area contributed by atoms with Crippen molar-refractivity contribution in [1.82, 2.24) is 14.9 Å². The molecule has 1 aromatic rings. The number of aromatic nitrogens is 2.